The Kier molecular flexibility index (Phi) is 6.71. The second-order valence-electron chi connectivity index (χ2n) is 7.89. The highest BCUT2D eigenvalue weighted by Gasteiger charge is 2.49. The van der Waals surface area contributed by atoms with E-state index < -0.39 is 12.1 Å². The van der Waals surface area contributed by atoms with Crippen LogP contribution in [0.4, 0.5) is 18.0 Å². The van der Waals surface area contributed by atoms with Gasteiger partial charge < -0.3 is 19.8 Å². The van der Waals surface area contributed by atoms with Gasteiger partial charge in [0.15, 0.2) is 0 Å². The van der Waals surface area contributed by atoms with Crippen LogP contribution in [-0.4, -0.2) is 80.6 Å². The van der Waals surface area contributed by atoms with E-state index in [0.29, 0.717) is 13.0 Å². The number of pyridine rings is 1. The maximum Gasteiger partial charge on any atom is 0.490 e. The van der Waals surface area contributed by atoms with Gasteiger partial charge in [-0.1, -0.05) is 6.07 Å². The summed E-state index contributed by atoms with van der Waals surface area (Å²) in [6.45, 7) is 4.99. The zero-order chi connectivity index (χ0) is 22.8. The maximum absolute atomic E-state index is 12.7. The highest BCUT2D eigenvalue weighted by molar-refractivity contribution is 5.83. The fourth-order valence-corrected chi connectivity index (χ4v) is 4.32. The van der Waals surface area contributed by atoms with Crippen LogP contribution in [0.25, 0.3) is 0 Å². The third-order valence-electron chi connectivity index (χ3n) is 5.76. The lowest BCUT2D eigenvalue weighted by molar-refractivity contribution is -0.192. The van der Waals surface area contributed by atoms with Gasteiger partial charge in [0.05, 0.1) is 24.3 Å². The number of amides is 3. The summed E-state index contributed by atoms with van der Waals surface area (Å²) in [5.74, 6) is -2.61. The standard InChI is InChI=1S/C18H24N4O2.C2HF3O2/c1-13-5-4-6-14(19-13)12-22-15-7-10-21(16(15)11-17(22)23)18(24)20-8-2-3-9-20;3-2(4,5)1(6)7/h4-6,15-16H,2-3,7-12H2,1H3;(H,6,7)/t15-,16-;/m0./s1. The largest absolute Gasteiger partial charge is 0.490 e. The van der Waals surface area contributed by atoms with Crippen LogP contribution in [0.1, 0.15) is 37.1 Å². The molecule has 0 aliphatic carbocycles. The van der Waals surface area contributed by atoms with Gasteiger partial charge in [0.2, 0.25) is 5.91 Å². The van der Waals surface area contributed by atoms with Crippen LogP contribution in [-0.2, 0) is 16.1 Å². The summed E-state index contributed by atoms with van der Waals surface area (Å²) in [6, 6.07) is 6.22. The average Bonchev–Trinajstić information content (AvgIpc) is 3.40. The van der Waals surface area contributed by atoms with Crippen LogP contribution in [0, 0.1) is 6.92 Å². The van der Waals surface area contributed by atoms with Crippen molar-refractivity contribution in [1.29, 1.82) is 0 Å². The highest BCUT2D eigenvalue weighted by atomic mass is 19.4. The highest BCUT2D eigenvalue weighted by Crippen LogP contribution is 2.34. The number of halogens is 3. The van der Waals surface area contributed by atoms with Crippen molar-refractivity contribution < 1.29 is 32.7 Å². The van der Waals surface area contributed by atoms with E-state index in [2.05, 4.69) is 4.98 Å². The first-order chi connectivity index (χ1) is 14.6. The molecule has 3 fully saturated rings. The number of rotatable bonds is 2. The van der Waals surface area contributed by atoms with Crippen LogP contribution < -0.4 is 0 Å². The number of likely N-dealkylation sites (tertiary alicyclic amines) is 3. The van der Waals surface area contributed by atoms with E-state index in [1.54, 1.807) is 0 Å². The number of alkyl halides is 3. The summed E-state index contributed by atoms with van der Waals surface area (Å²) in [4.78, 5) is 44.5. The lowest BCUT2D eigenvalue weighted by atomic mass is 10.1. The summed E-state index contributed by atoms with van der Waals surface area (Å²) in [5, 5.41) is 7.12. The van der Waals surface area contributed by atoms with Crippen LogP contribution >= 0.6 is 0 Å². The fraction of sp³-hybridized carbons (Fsp3) is 0.600. The number of hydrogen-bond donors (Lipinski definition) is 1. The molecule has 8 nitrogen and oxygen atoms in total. The van der Waals surface area contributed by atoms with Gasteiger partial charge in [0.25, 0.3) is 0 Å². The van der Waals surface area contributed by atoms with E-state index in [9.17, 15) is 22.8 Å². The zero-order valence-corrected chi connectivity index (χ0v) is 17.1. The predicted molar refractivity (Wildman–Crippen MR) is 103 cm³/mol. The quantitative estimate of drug-likeness (QED) is 0.759. The van der Waals surface area contributed by atoms with Crippen molar-refractivity contribution in [2.24, 2.45) is 0 Å². The minimum absolute atomic E-state index is 0.0374. The summed E-state index contributed by atoms with van der Waals surface area (Å²) in [7, 11) is 0. The molecule has 2 atom stereocenters. The summed E-state index contributed by atoms with van der Waals surface area (Å²) >= 11 is 0. The molecule has 1 aromatic heterocycles. The zero-order valence-electron chi connectivity index (χ0n) is 17.1. The molecule has 4 heterocycles. The van der Waals surface area contributed by atoms with Crippen molar-refractivity contribution >= 4 is 17.9 Å². The van der Waals surface area contributed by atoms with Crippen molar-refractivity contribution in [1.82, 2.24) is 19.7 Å². The first kappa shape index (κ1) is 22.8. The first-order valence-corrected chi connectivity index (χ1v) is 10.2. The topological polar surface area (TPSA) is 94.1 Å². The molecular formula is C20H25F3N4O4. The Morgan fingerprint density at radius 1 is 1.16 bits per heavy atom. The Hall–Kier alpha value is -2.85. The van der Waals surface area contributed by atoms with E-state index in [1.165, 1.54) is 0 Å². The van der Waals surface area contributed by atoms with Gasteiger partial charge in [0.1, 0.15) is 0 Å². The summed E-state index contributed by atoms with van der Waals surface area (Å²) in [5.41, 5.74) is 1.89. The second-order valence-corrected chi connectivity index (χ2v) is 7.89. The number of carboxylic acid groups (broad SMARTS) is 1. The first-order valence-electron chi connectivity index (χ1n) is 10.2. The number of carboxylic acids is 1. The molecule has 0 saturated carbocycles. The van der Waals surface area contributed by atoms with Gasteiger partial charge in [-0.2, -0.15) is 13.2 Å². The van der Waals surface area contributed by atoms with Crippen LogP contribution in [0.2, 0.25) is 0 Å². The molecule has 0 aromatic carbocycles. The Morgan fingerprint density at radius 2 is 1.81 bits per heavy atom. The van der Waals surface area contributed by atoms with E-state index in [-0.39, 0.29) is 24.0 Å². The number of nitrogens with zero attached hydrogens (tertiary/aromatic N) is 4. The molecule has 11 heteroatoms. The number of fused-ring (bicyclic) bond motifs is 1. The Labute approximate surface area is 177 Å². The number of aryl methyl sites for hydroxylation is 1. The van der Waals surface area contributed by atoms with E-state index in [1.807, 2.05) is 39.8 Å². The van der Waals surface area contributed by atoms with Crippen LogP contribution in [0.15, 0.2) is 18.2 Å². The van der Waals surface area contributed by atoms with Crippen molar-refractivity contribution in [3.8, 4) is 0 Å². The number of aliphatic carboxylic acids is 1. The molecule has 3 amide bonds. The molecule has 0 bridgehead atoms. The lowest BCUT2D eigenvalue weighted by Gasteiger charge is -2.28. The molecule has 4 rings (SSSR count). The van der Waals surface area contributed by atoms with Crippen molar-refractivity contribution in [3.63, 3.8) is 0 Å². The SMILES string of the molecule is Cc1cccc(CN2C(=O)C[C@H]3[C@@H]2CCN3C(=O)N2CCCC2)n1.O=C(O)C(F)(F)F. The monoisotopic (exact) mass is 442 g/mol. The third-order valence-corrected chi connectivity index (χ3v) is 5.76. The second kappa shape index (κ2) is 9.11. The van der Waals surface area contributed by atoms with Gasteiger partial charge in [-0.3, -0.25) is 9.78 Å². The Bertz CT molecular complexity index is 842. The third kappa shape index (κ3) is 5.26. The van der Waals surface area contributed by atoms with Gasteiger partial charge in [-0.25, -0.2) is 9.59 Å². The molecule has 170 valence electrons. The molecule has 0 spiro atoms. The van der Waals surface area contributed by atoms with Crippen LogP contribution in [0.3, 0.4) is 0 Å². The van der Waals surface area contributed by atoms with Gasteiger partial charge >= 0.3 is 18.2 Å². The smallest absolute Gasteiger partial charge is 0.475 e. The van der Waals surface area contributed by atoms with Crippen molar-refractivity contribution in [3.05, 3.63) is 29.6 Å². The molecule has 3 aliphatic heterocycles. The van der Waals surface area contributed by atoms with Crippen molar-refractivity contribution in [2.45, 2.75) is 57.4 Å². The van der Waals surface area contributed by atoms with E-state index in [4.69, 9.17) is 9.90 Å². The number of carbonyl (C=O) groups excluding carboxylic acids is 2. The maximum atomic E-state index is 12.7. The Balaban J connectivity index is 0.000000339. The fourth-order valence-electron chi connectivity index (χ4n) is 4.32. The minimum Gasteiger partial charge on any atom is -0.475 e. The number of urea groups is 1. The summed E-state index contributed by atoms with van der Waals surface area (Å²) < 4.78 is 31.7. The molecule has 3 aliphatic rings. The normalized spacial score (nSPS) is 23.0. The molecule has 3 saturated heterocycles. The molecule has 0 unspecified atom stereocenters. The van der Waals surface area contributed by atoms with Crippen LogP contribution in [0.5, 0.6) is 0 Å². The number of hydrogen-bond acceptors (Lipinski definition) is 4. The number of aromatic nitrogens is 1. The van der Waals surface area contributed by atoms with Gasteiger partial charge in [-0.05, 0) is 38.3 Å². The Morgan fingerprint density at radius 3 is 2.39 bits per heavy atom. The molecular weight excluding hydrogens is 417 g/mol. The molecule has 0 radical (unpaired) electrons. The predicted octanol–water partition coefficient (Wildman–Crippen LogP) is 2.41. The van der Waals surface area contributed by atoms with Crippen molar-refractivity contribution in [2.75, 3.05) is 19.6 Å². The molecule has 31 heavy (non-hydrogen) atoms. The average molecular weight is 442 g/mol. The number of carbonyl (C=O) groups is 3. The molecule has 1 aromatic rings. The lowest BCUT2D eigenvalue weighted by Crippen LogP contribution is -2.46. The van der Waals surface area contributed by atoms with E-state index in [0.717, 1.165) is 50.3 Å². The molecule has 1 N–H and O–H groups in total. The van der Waals surface area contributed by atoms with Gasteiger partial charge in [0, 0.05) is 31.7 Å². The minimum atomic E-state index is -5.08. The summed E-state index contributed by atoms with van der Waals surface area (Å²) in [6.07, 6.45) is -1.56. The van der Waals surface area contributed by atoms with Gasteiger partial charge in [-0.15, -0.1) is 0 Å². The van der Waals surface area contributed by atoms with E-state index >= 15 is 0 Å².